The maximum absolute atomic E-state index is 13.0. The Hall–Kier alpha value is -2.24. The van der Waals surface area contributed by atoms with E-state index in [4.69, 9.17) is 5.73 Å². The summed E-state index contributed by atoms with van der Waals surface area (Å²) in [6.07, 6.45) is -4.42. The number of anilines is 2. The summed E-state index contributed by atoms with van der Waals surface area (Å²) >= 11 is 0. The molecule has 2 aromatic rings. The molecule has 0 amide bonds. The van der Waals surface area contributed by atoms with Gasteiger partial charge < -0.3 is 11.1 Å². The van der Waals surface area contributed by atoms with E-state index in [1.54, 1.807) is 12.1 Å². The van der Waals surface area contributed by atoms with Crippen LogP contribution in [0.3, 0.4) is 0 Å². The van der Waals surface area contributed by atoms with Crippen molar-refractivity contribution in [2.45, 2.75) is 12.7 Å². The van der Waals surface area contributed by atoms with Crippen LogP contribution in [0.25, 0.3) is 0 Å². The highest BCUT2D eigenvalue weighted by molar-refractivity contribution is 5.67. The summed E-state index contributed by atoms with van der Waals surface area (Å²) in [7, 11) is 0. The zero-order chi connectivity index (χ0) is 14.8. The minimum Gasteiger partial charge on any atom is -0.397 e. The minimum atomic E-state index is -4.42. The van der Waals surface area contributed by atoms with Crippen molar-refractivity contribution in [3.8, 4) is 0 Å². The maximum atomic E-state index is 13.0. The zero-order valence-electron chi connectivity index (χ0n) is 10.3. The fourth-order valence-corrected chi connectivity index (χ4v) is 1.74. The monoisotopic (exact) mass is 284 g/mol. The molecule has 0 spiro atoms. The lowest BCUT2D eigenvalue weighted by Gasteiger charge is -2.12. The lowest BCUT2D eigenvalue weighted by atomic mass is 10.1. The highest BCUT2D eigenvalue weighted by Crippen LogP contribution is 2.32. The molecule has 0 aliphatic carbocycles. The van der Waals surface area contributed by atoms with Gasteiger partial charge in [0, 0.05) is 6.54 Å². The van der Waals surface area contributed by atoms with Gasteiger partial charge in [0.05, 0.1) is 16.9 Å². The molecule has 0 bridgehead atoms. The molecule has 6 heteroatoms. The summed E-state index contributed by atoms with van der Waals surface area (Å²) in [5.41, 5.74) is 5.82. The van der Waals surface area contributed by atoms with Gasteiger partial charge in [-0.1, -0.05) is 12.1 Å². The molecule has 0 saturated carbocycles. The molecule has 0 aliphatic heterocycles. The molecule has 0 aromatic heterocycles. The van der Waals surface area contributed by atoms with Crippen molar-refractivity contribution in [2.24, 2.45) is 0 Å². The van der Waals surface area contributed by atoms with E-state index in [2.05, 4.69) is 5.32 Å². The molecular formula is C14H12F4N2. The molecule has 0 saturated heterocycles. The maximum Gasteiger partial charge on any atom is 0.416 e. The average Bonchev–Trinajstić information content (AvgIpc) is 2.36. The molecular weight excluding hydrogens is 272 g/mol. The lowest BCUT2D eigenvalue weighted by Crippen LogP contribution is -2.08. The number of rotatable bonds is 3. The van der Waals surface area contributed by atoms with Crippen molar-refractivity contribution in [1.29, 1.82) is 0 Å². The van der Waals surface area contributed by atoms with Crippen LogP contribution in [0.5, 0.6) is 0 Å². The second kappa shape index (κ2) is 5.40. The first-order valence-corrected chi connectivity index (χ1v) is 5.81. The Morgan fingerprint density at radius 1 is 1.05 bits per heavy atom. The fourth-order valence-electron chi connectivity index (χ4n) is 1.74. The van der Waals surface area contributed by atoms with Crippen LogP contribution in [0.4, 0.5) is 28.9 Å². The van der Waals surface area contributed by atoms with Crippen LogP contribution in [0, 0.1) is 5.82 Å². The van der Waals surface area contributed by atoms with Gasteiger partial charge in [0.1, 0.15) is 5.82 Å². The smallest absolute Gasteiger partial charge is 0.397 e. The molecule has 0 radical (unpaired) electrons. The highest BCUT2D eigenvalue weighted by atomic mass is 19.4. The second-order valence-electron chi connectivity index (χ2n) is 4.28. The number of nitrogens with one attached hydrogen (secondary N) is 1. The van der Waals surface area contributed by atoms with Crippen molar-refractivity contribution in [3.05, 3.63) is 59.4 Å². The molecule has 0 fully saturated rings. The zero-order valence-corrected chi connectivity index (χ0v) is 10.3. The van der Waals surface area contributed by atoms with Crippen molar-refractivity contribution < 1.29 is 17.6 Å². The van der Waals surface area contributed by atoms with Crippen molar-refractivity contribution in [3.63, 3.8) is 0 Å². The summed E-state index contributed by atoms with van der Waals surface area (Å²) in [5, 5.41) is 2.88. The van der Waals surface area contributed by atoms with Gasteiger partial charge in [-0.3, -0.25) is 0 Å². The number of halogens is 4. The second-order valence-corrected chi connectivity index (χ2v) is 4.28. The molecule has 20 heavy (non-hydrogen) atoms. The normalized spacial score (nSPS) is 11.4. The Bertz CT molecular complexity index is 608. The van der Waals surface area contributed by atoms with E-state index in [-0.39, 0.29) is 18.0 Å². The van der Waals surface area contributed by atoms with Gasteiger partial charge in [-0.15, -0.1) is 0 Å². The van der Waals surface area contributed by atoms with E-state index in [9.17, 15) is 17.6 Å². The number of hydrogen-bond donors (Lipinski definition) is 2. The lowest BCUT2D eigenvalue weighted by molar-refractivity contribution is -0.137. The molecule has 3 N–H and O–H groups in total. The minimum absolute atomic E-state index is 0.00349. The van der Waals surface area contributed by atoms with Gasteiger partial charge in [0.25, 0.3) is 0 Å². The van der Waals surface area contributed by atoms with Crippen molar-refractivity contribution in [2.75, 3.05) is 11.1 Å². The predicted octanol–water partition coefficient (Wildman–Crippen LogP) is 4.04. The third kappa shape index (κ3) is 3.40. The highest BCUT2D eigenvalue weighted by Gasteiger charge is 2.30. The van der Waals surface area contributed by atoms with Crippen LogP contribution < -0.4 is 11.1 Å². The molecule has 0 aliphatic rings. The summed E-state index contributed by atoms with van der Waals surface area (Å²) in [4.78, 5) is 0. The van der Waals surface area contributed by atoms with Gasteiger partial charge in [0.2, 0.25) is 0 Å². The number of nitrogens with two attached hydrogens (primary N) is 1. The number of benzene rings is 2. The first kappa shape index (κ1) is 14.2. The van der Waals surface area contributed by atoms with Gasteiger partial charge in [-0.05, 0) is 35.9 Å². The molecule has 106 valence electrons. The third-order valence-electron chi connectivity index (χ3n) is 2.75. The molecule has 2 nitrogen and oxygen atoms in total. The van der Waals surface area contributed by atoms with Crippen molar-refractivity contribution >= 4 is 11.4 Å². The predicted molar refractivity (Wildman–Crippen MR) is 69.6 cm³/mol. The molecule has 0 heterocycles. The SMILES string of the molecule is Nc1cc(C(F)(F)F)ccc1NCc1cccc(F)c1. The van der Waals surface area contributed by atoms with Crippen LogP contribution >= 0.6 is 0 Å². The Labute approximate surface area is 113 Å². The van der Waals surface area contributed by atoms with E-state index in [1.807, 2.05) is 0 Å². The van der Waals surface area contributed by atoms with E-state index in [0.29, 0.717) is 11.3 Å². The van der Waals surface area contributed by atoms with Crippen LogP contribution in [0.15, 0.2) is 42.5 Å². The van der Waals surface area contributed by atoms with E-state index < -0.39 is 11.7 Å². The first-order chi connectivity index (χ1) is 9.36. The standard InChI is InChI=1S/C14H12F4N2/c15-11-3-1-2-9(6-11)8-20-13-5-4-10(7-12(13)19)14(16,17)18/h1-7,20H,8,19H2. The largest absolute Gasteiger partial charge is 0.416 e. The Morgan fingerprint density at radius 2 is 1.80 bits per heavy atom. The topological polar surface area (TPSA) is 38.0 Å². The first-order valence-electron chi connectivity index (χ1n) is 5.81. The molecule has 2 rings (SSSR count). The van der Waals surface area contributed by atoms with Gasteiger partial charge in [-0.2, -0.15) is 13.2 Å². The fraction of sp³-hybridized carbons (Fsp3) is 0.143. The van der Waals surface area contributed by atoms with E-state index >= 15 is 0 Å². The molecule has 0 atom stereocenters. The Kier molecular flexibility index (Phi) is 3.83. The third-order valence-corrected chi connectivity index (χ3v) is 2.75. The van der Waals surface area contributed by atoms with E-state index in [0.717, 1.165) is 12.1 Å². The van der Waals surface area contributed by atoms with Crippen LogP contribution in [-0.2, 0) is 12.7 Å². The van der Waals surface area contributed by atoms with Gasteiger partial charge in [0.15, 0.2) is 0 Å². The summed E-state index contributed by atoms with van der Waals surface area (Å²) < 4.78 is 50.4. The Balaban J connectivity index is 2.11. The van der Waals surface area contributed by atoms with Gasteiger partial charge in [-0.25, -0.2) is 4.39 Å². The molecule has 0 unspecified atom stereocenters. The molecule has 2 aromatic carbocycles. The number of nitrogen functional groups attached to an aromatic ring is 1. The van der Waals surface area contributed by atoms with Crippen LogP contribution in [0.1, 0.15) is 11.1 Å². The van der Waals surface area contributed by atoms with Crippen LogP contribution in [-0.4, -0.2) is 0 Å². The summed E-state index contributed by atoms with van der Waals surface area (Å²) in [6, 6.07) is 9.00. The Morgan fingerprint density at radius 3 is 2.40 bits per heavy atom. The summed E-state index contributed by atoms with van der Waals surface area (Å²) in [5.74, 6) is -0.371. The van der Waals surface area contributed by atoms with Crippen molar-refractivity contribution in [1.82, 2.24) is 0 Å². The average molecular weight is 284 g/mol. The summed E-state index contributed by atoms with van der Waals surface area (Å²) in [6.45, 7) is 0.271. The van der Waals surface area contributed by atoms with E-state index in [1.165, 1.54) is 18.2 Å². The quantitative estimate of drug-likeness (QED) is 0.659. The van der Waals surface area contributed by atoms with Gasteiger partial charge >= 0.3 is 6.18 Å². The van der Waals surface area contributed by atoms with Crippen LogP contribution in [0.2, 0.25) is 0 Å². The number of alkyl halides is 3. The number of hydrogen-bond acceptors (Lipinski definition) is 2.